The molecule has 5 rings (SSSR count). The van der Waals surface area contributed by atoms with Crippen LogP contribution in [0.15, 0.2) is 66.9 Å². The lowest BCUT2D eigenvalue weighted by Gasteiger charge is -2.49. The first-order valence-corrected chi connectivity index (χ1v) is 14.9. The topological polar surface area (TPSA) is 118 Å². The van der Waals surface area contributed by atoms with Crippen LogP contribution in [-0.2, 0) is 15.1 Å². The number of nitrogens with one attached hydrogen (secondary N) is 1. The van der Waals surface area contributed by atoms with E-state index in [-0.39, 0.29) is 24.0 Å². The van der Waals surface area contributed by atoms with Gasteiger partial charge >= 0.3 is 6.09 Å². The average Bonchev–Trinajstić information content (AvgIpc) is 2.97. The fourth-order valence-corrected chi connectivity index (χ4v) is 6.67. The Labute approximate surface area is 248 Å². The van der Waals surface area contributed by atoms with Crippen LogP contribution in [0.3, 0.4) is 0 Å². The van der Waals surface area contributed by atoms with E-state index < -0.39 is 11.1 Å². The highest BCUT2D eigenvalue weighted by Crippen LogP contribution is 2.46. The molecule has 0 spiro atoms. The minimum Gasteiger partial charge on any atom is -0.450 e. The molecule has 3 aromatic rings. The van der Waals surface area contributed by atoms with Crippen LogP contribution in [0.4, 0.5) is 10.6 Å². The number of nitrogens with two attached hydrogens (primary N) is 1. The van der Waals surface area contributed by atoms with E-state index in [1.54, 1.807) is 11.9 Å². The number of benzene rings is 2. The van der Waals surface area contributed by atoms with Gasteiger partial charge in [-0.05, 0) is 86.6 Å². The van der Waals surface area contributed by atoms with Crippen molar-refractivity contribution in [2.24, 2.45) is 11.7 Å². The Morgan fingerprint density at radius 2 is 1.67 bits per heavy atom. The fourth-order valence-electron chi connectivity index (χ4n) is 6.67. The number of hydrogen-bond donors (Lipinski definition) is 3. The molecule has 4 N–H and O–H groups in total. The number of rotatable bonds is 8. The van der Waals surface area contributed by atoms with Gasteiger partial charge in [0.05, 0.1) is 12.2 Å². The lowest BCUT2D eigenvalue weighted by molar-refractivity contribution is -0.117. The van der Waals surface area contributed by atoms with E-state index in [1.165, 1.54) is 0 Å². The molecule has 222 valence electrons. The van der Waals surface area contributed by atoms with Crippen LogP contribution in [0.25, 0.3) is 22.3 Å². The maximum absolute atomic E-state index is 13.0. The molecule has 2 amide bonds. The molecular weight excluding hydrogens is 528 g/mol. The standard InChI is InChI=1S/C34H42N4O4/c1-4-42-32(40)38(3)27-16-10-23(11-17-27)18-31(39)37-30-19-28(24-8-6-5-7-9-24)29(20-36-30)25-12-14-26(15-13-25)34(35)21-33(2,41)22-34/h5-9,12-15,19-20,23,27,41H,4,10-11,16-18,21-22,35H2,1-3H3,(H,36,37,39)/t23?,27?,33-,34-. The summed E-state index contributed by atoms with van der Waals surface area (Å²) in [6.45, 7) is 4.00. The molecule has 0 aliphatic heterocycles. The molecule has 0 saturated heterocycles. The SMILES string of the molecule is CCOC(=O)N(C)C1CCC(CC(=O)Nc2cc(-c3ccccc3)c(-c3ccc([C@]4(N)C[C@](C)(O)C4)cc3)cn2)CC1. The van der Waals surface area contributed by atoms with Crippen molar-refractivity contribution in [3.05, 3.63) is 72.4 Å². The number of anilines is 1. The number of nitrogens with zero attached hydrogens (tertiary/aromatic N) is 2. The third kappa shape index (κ3) is 6.66. The smallest absolute Gasteiger partial charge is 0.409 e. The van der Waals surface area contributed by atoms with Crippen LogP contribution in [0, 0.1) is 5.92 Å². The first kappa shape index (κ1) is 29.7. The monoisotopic (exact) mass is 570 g/mol. The Bertz CT molecular complexity index is 1390. The van der Waals surface area contributed by atoms with Gasteiger partial charge < -0.3 is 25.8 Å². The van der Waals surface area contributed by atoms with Gasteiger partial charge in [-0.3, -0.25) is 4.79 Å². The van der Waals surface area contributed by atoms with Crippen LogP contribution in [-0.4, -0.2) is 52.3 Å². The van der Waals surface area contributed by atoms with Gasteiger partial charge in [-0.15, -0.1) is 0 Å². The van der Waals surface area contributed by atoms with E-state index in [2.05, 4.69) is 22.4 Å². The Morgan fingerprint density at radius 3 is 2.29 bits per heavy atom. The zero-order chi connectivity index (χ0) is 29.9. The van der Waals surface area contributed by atoms with Crippen LogP contribution in [0.5, 0.6) is 0 Å². The summed E-state index contributed by atoms with van der Waals surface area (Å²) in [6.07, 6.45) is 6.54. The zero-order valence-electron chi connectivity index (χ0n) is 24.8. The van der Waals surface area contributed by atoms with Gasteiger partial charge in [0.2, 0.25) is 5.91 Å². The lowest BCUT2D eigenvalue weighted by Crippen LogP contribution is -2.58. The Hall–Kier alpha value is -3.75. The van der Waals surface area contributed by atoms with Crippen molar-refractivity contribution in [1.82, 2.24) is 9.88 Å². The van der Waals surface area contributed by atoms with Crippen molar-refractivity contribution < 1.29 is 19.4 Å². The van der Waals surface area contributed by atoms with E-state index in [4.69, 9.17) is 10.5 Å². The summed E-state index contributed by atoms with van der Waals surface area (Å²) in [5.74, 6) is 0.742. The van der Waals surface area contributed by atoms with Crippen molar-refractivity contribution in [3.63, 3.8) is 0 Å². The third-order valence-electron chi connectivity index (χ3n) is 8.81. The fraction of sp³-hybridized carbons (Fsp3) is 0.441. The van der Waals surface area contributed by atoms with Gasteiger partial charge in [0.15, 0.2) is 0 Å². The maximum Gasteiger partial charge on any atom is 0.409 e. The van der Waals surface area contributed by atoms with Gasteiger partial charge in [-0.25, -0.2) is 9.78 Å². The van der Waals surface area contributed by atoms with E-state index in [0.29, 0.717) is 31.7 Å². The summed E-state index contributed by atoms with van der Waals surface area (Å²) in [5, 5.41) is 13.2. The highest BCUT2D eigenvalue weighted by atomic mass is 16.6. The van der Waals surface area contributed by atoms with Crippen LogP contribution >= 0.6 is 0 Å². The van der Waals surface area contributed by atoms with Crippen molar-refractivity contribution in [2.75, 3.05) is 19.0 Å². The molecule has 0 atom stereocenters. The number of pyridine rings is 1. The highest BCUT2D eigenvalue weighted by molar-refractivity contribution is 5.92. The molecule has 0 bridgehead atoms. The summed E-state index contributed by atoms with van der Waals surface area (Å²) in [5.41, 5.74) is 10.3. The quantitative estimate of drug-likeness (QED) is 0.302. The number of carbonyl (C=O) groups excluding carboxylic acids is 2. The van der Waals surface area contributed by atoms with Crippen LogP contribution < -0.4 is 11.1 Å². The van der Waals surface area contributed by atoms with Crippen molar-refractivity contribution >= 4 is 17.8 Å². The normalized spacial score (nSPS) is 25.3. The van der Waals surface area contributed by atoms with Crippen molar-refractivity contribution in [1.29, 1.82) is 0 Å². The molecule has 0 unspecified atom stereocenters. The number of carbonyl (C=O) groups is 2. The Morgan fingerprint density at radius 1 is 1.02 bits per heavy atom. The summed E-state index contributed by atoms with van der Waals surface area (Å²) < 4.78 is 5.13. The van der Waals surface area contributed by atoms with Crippen molar-refractivity contribution in [2.45, 2.75) is 76.0 Å². The highest BCUT2D eigenvalue weighted by Gasteiger charge is 2.49. The molecule has 1 heterocycles. The predicted octanol–water partition coefficient (Wildman–Crippen LogP) is 6.09. The maximum atomic E-state index is 13.0. The number of ether oxygens (including phenoxy) is 1. The van der Waals surface area contributed by atoms with Gasteiger partial charge in [0.1, 0.15) is 5.82 Å². The molecule has 0 radical (unpaired) electrons. The molecule has 2 saturated carbocycles. The molecule has 8 heteroatoms. The molecule has 2 aliphatic rings. The predicted molar refractivity (Wildman–Crippen MR) is 165 cm³/mol. The van der Waals surface area contributed by atoms with Crippen molar-refractivity contribution in [3.8, 4) is 22.3 Å². The van der Waals surface area contributed by atoms with Crippen LogP contribution in [0.1, 0.15) is 64.4 Å². The largest absolute Gasteiger partial charge is 0.450 e. The number of amides is 2. The minimum absolute atomic E-state index is 0.0505. The molecule has 8 nitrogen and oxygen atoms in total. The zero-order valence-corrected chi connectivity index (χ0v) is 24.8. The second-order valence-electron chi connectivity index (χ2n) is 12.3. The third-order valence-corrected chi connectivity index (χ3v) is 8.81. The van der Waals surface area contributed by atoms with E-state index >= 15 is 0 Å². The van der Waals surface area contributed by atoms with E-state index in [0.717, 1.165) is 53.5 Å². The van der Waals surface area contributed by atoms with Gasteiger partial charge in [0, 0.05) is 36.8 Å². The number of aromatic nitrogens is 1. The minimum atomic E-state index is -0.710. The molecular formula is C34H42N4O4. The molecule has 2 aromatic carbocycles. The lowest BCUT2D eigenvalue weighted by atomic mass is 9.63. The van der Waals surface area contributed by atoms with Crippen LogP contribution in [0.2, 0.25) is 0 Å². The first-order valence-electron chi connectivity index (χ1n) is 14.9. The number of aliphatic hydroxyl groups is 1. The second-order valence-corrected chi connectivity index (χ2v) is 12.3. The molecule has 1 aromatic heterocycles. The molecule has 2 fully saturated rings. The molecule has 2 aliphatic carbocycles. The van der Waals surface area contributed by atoms with Gasteiger partial charge in [0.25, 0.3) is 0 Å². The number of hydrogen-bond acceptors (Lipinski definition) is 6. The average molecular weight is 571 g/mol. The second kappa shape index (κ2) is 12.2. The molecule has 42 heavy (non-hydrogen) atoms. The summed E-state index contributed by atoms with van der Waals surface area (Å²) in [4.78, 5) is 31.4. The van der Waals surface area contributed by atoms with Gasteiger partial charge in [-0.1, -0.05) is 54.6 Å². The first-order chi connectivity index (χ1) is 20.1. The summed E-state index contributed by atoms with van der Waals surface area (Å²) in [7, 11) is 1.79. The van der Waals surface area contributed by atoms with E-state index in [1.807, 2.05) is 68.6 Å². The summed E-state index contributed by atoms with van der Waals surface area (Å²) >= 11 is 0. The Balaban J connectivity index is 1.27. The Kier molecular flexibility index (Phi) is 8.66. The van der Waals surface area contributed by atoms with Gasteiger partial charge in [-0.2, -0.15) is 0 Å². The summed E-state index contributed by atoms with van der Waals surface area (Å²) in [6, 6.07) is 20.3. The van der Waals surface area contributed by atoms with E-state index in [9.17, 15) is 14.7 Å².